The molecule has 2 fully saturated rings. The molecular formula is C51H59N3O8Si. The number of hydrogen-bond acceptors (Lipinski definition) is 10. The van der Waals surface area contributed by atoms with Crippen molar-refractivity contribution in [3.63, 3.8) is 0 Å². The van der Waals surface area contributed by atoms with Crippen LogP contribution in [0.25, 0.3) is 11.1 Å². The van der Waals surface area contributed by atoms with E-state index in [4.69, 9.17) is 28.1 Å². The average Bonchev–Trinajstić information content (AvgIpc) is 3.75. The van der Waals surface area contributed by atoms with E-state index in [1.54, 1.807) is 7.11 Å². The number of benzene rings is 4. The second-order valence-electron chi connectivity index (χ2n) is 18.7. The summed E-state index contributed by atoms with van der Waals surface area (Å²) >= 11 is 0. The summed E-state index contributed by atoms with van der Waals surface area (Å²) in [4.78, 5) is 32.2. The van der Waals surface area contributed by atoms with Gasteiger partial charge in [-0.3, -0.25) is 14.6 Å². The van der Waals surface area contributed by atoms with E-state index in [-0.39, 0.29) is 35.8 Å². The summed E-state index contributed by atoms with van der Waals surface area (Å²) in [7, 11) is 0.463. The first-order valence-corrected chi connectivity index (χ1v) is 24.8. The van der Waals surface area contributed by atoms with Crippen LogP contribution >= 0.6 is 0 Å². The number of esters is 1. The molecule has 1 aliphatic carbocycles. The summed E-state index contributed by atoms with van der Waals surface area (Å²) in [6.45, 7) is 19.0. The number of amides is 1. The predicted octanol–water partition coefficient (Wildman–Crippen LogP) is 10.0. The van der Waals surface area contributed by atoms with Gasteiger partial charge in [0.05, 0.1) is 63.8 Å². The van der Waals surface area contributed by atoms with Crippen molar-refractivity contribution >= 4 is 20.4 Å². The van der Waals surface area contributed by atoms with Gasteiger partial charge in [-0.1, -0.05) is 106 Å². The third kappa shape index (κ3) is 7.52. The second kappa shape index (κ2) is 17.3. The summed E-state index contributed by atoms with van der Waals surface area (Å²) in [6, 6.07) is 25.8. The highest BCUT2D eigenvalue weighted by Gasteiger charge is 2.65. The summed E-state index contributed by atoms with van der Waals surface area (Å²) in [5.41, 5.74) is 7.40. The molecule has 2 bridgehead atoms. The van der Waals surface area contributed by atoms with Crippen molar-refractivity contribution in [2.75, 3.05) is 27.4 Å². The molecule has 12 heteroatoms. The van der Waals surface area contributed by atoms with E-state index in [0.29, 0.717) is 41.2 Å². The van der Waals surface area contributed by atoms with Gasteiger partial charge in [0.25, 0.3) is 0 Å². The maximum absolute atomic E-state index is 15.1. The fraction of sp³-hybridized carbons (Fsp3) is 0.431. The molecule has 4 aliphatic rings. The number of carbonyl (C=O) groups excluding carboxylic acids is 2. The first kappa shape index (κ1) is 44.2. The maximum atomic E-state index is 15.1. The Balaban J connectivity index is 1.30. The molecule has 7 atom stereocenters. The van der Waals surface area contributed by atoms with Gasteiger partial charge in [-0.2, -0.15) is 5.26 Å². The second-order valence-corrected chi connectivity index (χ2v) is 23.4. The number of hydrogen-bond donors (Lipinski definition) is 0. The van der Waals surface area contributed by atoms with Crippen LogP contribution in [0.2, 0.25) is 18.1 Å². The molecular weight excluding hydrogens is 811 g/mol. The molecule has 1 amide bonds. The highest BCUT2D eigenvalue weighted by Crippen LogP contribution is 2.61. The predicted molar refractivity (Wildman–Crippen MR) is 243 cm³/mol. The van der Waals surface area contributed by atoms with Crippen molar-refractivity contribution < 1.29 is 37.7 Å². The third-order valence-corrected chi connectivity index (χ3v) is 18.7. The molecule has 0 N–H and O–H groups in total. The first-order valence-electron chi connectivity index (χ1n) is 21.9. The number of piperazine rings is 1. The molecule has 0 radical (unpaired) electrons. The minimum Gasteiger partial charge on any atom is -0.496 e. The highest BCUT2D eigenvalue weighted by atomic mass is 28.4. The van der Waals surface area contributed by atoms with Crippen molar-refractivity contribution in [1.29, 1.82) is 5.26 Å². The topological polar surface area (TPSA) is 120 Å². The number of rotatable bonds is 12. The molecule has 63 heavy (non-hydrogen) atoms. The molecule has 0 aromatic heterocycles. The Bertz CT molecular complexity index is 2400. The smallest absolute Gasteiger partial charge is 0.410 e. The Morgan fingerprint density at radius 3 is 2.06 bits per heavy atom. The molecule has 0 spiro atoms. The Morgan fingerprint density at radius 1 is 0.873 bits per heavy atom. The molecule has 0 saturated carbocycles. The normalized spacial score (nSPS) is 23.7. The lowest BCUT2D eigenvalue weighted by molar-refractivity contribution is -0.132. The average molecular weight is 870 g/mol. The minimum absolute atomic E-state index is 0.107. The van der Waals surface area contributed by atoms with E-state index in [1.807, 2.05) is 72.5 Å². The Labute approximate surface area is 372 Å². The van der Waals surface area contributed by atoms with Crippen LogP contribution in [0.4, 0.5) is 4.79 Å². The lowest BCUT2D eigenvalue weighted by Gasteiger charge is -2.58. The third-order valence-electron chi connectivity index (χ3n) is 14.2. The molecule has 7 unspecified atom stereocenters. The van der Waals surface area contributed by atoms with Crippen LogP contribution in [0, 0.1) is 24.2 Å². The number of nitrogens with zero attached hydrogens (tertiary/aromatic N) is 3. The lowest BCUT2D eigenvalue weighted by atomic mass is 9.77. The van der Waals surface area contributed by atoms with Crippen LogP contribution in [0.1, 0.15) is 85.6 Å². The van der Waals surface area contributed by atoms with Crippen molar-refractivity contribution in [3.8, 4) is 34.4 Å². The molecule has 4 aromatic rings. The van der Waals surface area contributed by atoms with Gasteiger partial charge in [0, 0.05) is 35.4 Å². The number of methoxy groups -OCH3 is 2. The van der Waals surface area contributed by atoms with Crippen LogP contribution in [0.3, 0.4) is 0 Å². The monoisotopic (exact) mass is 869 g/mol. The van der Waals surface area contributed by atoms with Gasteiger partial charge in [-0.25, -0.2) is 4.79 Å². The van der Waals surface area contributed by atoms with Gasteiger partial charge in [-0.15, -0.1) is 6.58 Å². The quantitative estimate of drug-likeness (QED) is 0.0589. The number of ether oxygens (including phenoxy) is 5. The fourth-order valence-corrected chi connectivity index (χ4v) is 11.7. The van der Waals surface area contributed by atoms with Crippen LogP contribution in [0.15, 0.2) is 91.5 Å². The molecule has 8 rings (SSSR count). The molecule has 3 aliphatic heterocycles. The fourth-order valence-electron chi connectivity index (χ4n) is 10.5. The highest BCUT2D eigenvalue weighted by molar-refractivity contribution is 6.74. The van der Waals surface area contributed by atoms with E-state index in [1.165, 1.54) is 14.0 Å². The van der Waals surface area contributed by atoms with Crippen molar-refractivity contribution in [1.82, 2.24) is 9.80 Å². The van der Waals surface area contributed by atoms with Gasteiger partial charge in [0.15, 0.2) is 19.8 Å². The molecule has 11 nitrogen and oxygen atoms in total. The standard InChI is InChI=1S/C51H59N3O8Si/c1-11-33-25-39-40(26-52)53-41(29-59-27-32-19-13-12-14-20-32)42-43(46(57-7)30(2)47(58-8)49(42)61-31(3)55)48(62-63(9,10)51(4,5)6)45(53)44(33)54(39)50(56)60-28-38-36-23-17-15-21-34(36)35-22-16-18-24-37(35)38/h11-24,33,38-41,44-45,48H,1,25,27-29H2,2-10H3. The van der Waals surface area contributed by atoms with Crippen LogP contribution < -0.4 is 14.2 Å². The summed E-state index contributed by atoms with van der Waals surface area (Å²) < 4.78 is 39.3. The number of nitriles is 1. The molecule has 3 heterocycles. The van der Waals surface area contributed by atoms with E-state index in [9.17, 15) is 10.1 Å². The first-order chi connectivity index (χ1) is 30.2. The van der Waals surface area contributed by atoms with Gasteiger partial charge >= 0.3 is 12.1 Å². The van der Waals surface area contributed by atoms with Crippen molar-refractivity contribution in [2.24, 2.45) is 5.92 Å². The van der Waals surface area contributed by atoms with Gasteiger partial charge < -0.3 is 28.1 Å². The van der Waals surface area contributed by atoms with E-state index in [2.05, 4.69) is 75.7 Å². The van der Waals surface area contributed by atoms with Crippen molar-refractivity contribution in [3.05, 3.63) is 125 Å². The van der Waals surface area contributed by atoms with E-state index in [0.717, 1.165) is 27.8 Å². The van der Waals surface area contributed by atoms with Gasteiger partial charge in [0.1, 0.15) is 18.4 Å². The minimum atomic E-state index is -2.69. The van der Waals surface area contributed by atoms with Crippen LogP contribution in [-0.4, -0.2) is 81.8 Å². The van der Waals surface area contributed by atoms with Crippen LogP contribution in [0.5, 0.6) is 17.2 Å². The summed E-state index contributed by atoms with van der Waals surface area (Å²) in [6.07, 6.45) is 1.14. The van der Waals surface area contributed by atoms with Crippen LogP contribution in [-0.2, 0) is 25.3 Å². The Morgan fingerprint density at radius 2 is 1.49 bits per heavy atom. The zero-order valence-corrected chi connectivity index (χ0v) is 38.8. The number of fused-ring (bicyclic) bond motifs is 8. The lowest BCUT2D eigenvalue weighted by Crippen LogP contribution is -2.70. The number of carbonyl (C=O) groups is 2. The van der Waals surface area contributed by atoms with E-state index >= 15 is 4.79 Å². The SMILES string of the molecule is C=CC1CC2C(C#N)N3C(COCc4ccccc4)c4c(OC(C)=O)c(OC)c(C)c(OC)c4C(O[Si](C)(C)C(C)(C)C)C3C1N2C(=O)OCC1c2ccccc2-c2ccccc21. The maximum Gasteiger partial charge on any atom is 0.410 e. The zero-order chi connectivity index (χ0) is 45.0. The zero-order valence-electron chi connectivity index (χ0n) is 37.8. The largest absolute Gasteiger partial charge is 0.496 e. The van der Waals surface area contributed by atoms with Crippen molar-refractivity contribution in [2.45, 2.75) is 108 Å². The summed E-state index contributed by atoms with van der Waals surface area (Å²) in [5, 5.41) is 11.3. The van der Waals surface area contributed by atoms with Gasteiger partial charge in [-0.05, 0) is 59.3 Å². The Kier molecular flexibility index (Phi) is 12.1. The Hall–Kier alpha value is -5.45. The molecule has 330 valence electrons. The van der Waals surface area contributed by atoms with E-state index < -0.39 is 56.7 Å². The molecule has 2 saturated heterocycles. The summed E-state index contributed by atoms with van der Waals surface area (Å²) in [5.74, 6) is 0.194. The van der Waals surface area contributed by atoms with Gasteiger partial charge in [0.2, 0.25) is 0 Å². The molecule has 4 aromatic carbocycles.